The van der Waals surface area contributed by atoms with Gasteiger partial charge in [-0.05, 0) is 20.3 Å². The molecule has 0 amide bonds. The molecule has 0 saturated carbocycles. The molecule has 0 aromatic heterocycles. The first-order chi connectivity index (χ1) is 7.50. The first kappa shape index (κ1) is 14.6. The maximum atomic E-state index is 11.5. The maximum absolute atomic E-state index is 11.5. The number of carbonyl (C=O) groups excluding carboxylic acids is 2. The Balaban J connectivity index is 4.31. The third-order valence-corrected chi connectivity index (χ3v) is 2.07. The average Bonchev–Trinajstić information content (AvgIpc) is 2.26. The molecule has 0 saturated heterocycles. The summed E-state index contributed by atoms with van der Waals surface area (Å²) in [5, 5.41) is 0. The van der Waals surface area contributed by atoms with Gasteiger partial charge < -0.3 is 15.2 Å². The highest BCUT2D eigenvalue weighted by atomic mass is 16.5. The van der Waals surface area contributed by atoms with Crippen molar-refractivity contribution >= 4 is 11.9 Å². The van der Waals surface area contributed by atoms with Crippen LogP contribution >= 0.6 is 0 Å². The fraction of sp³-hybridized carbons (Fsp3) is 0.636. The largest absolute Gasteiger partial charge is 0.466 e. The zero-order valence-corrected chi connectivity index (χ0v) is 9.82. The highest BCUT2D eigenvalue weighted by Crippen LogP contribution is 2.14. The molecule has 0 rings (SSSR count). The van der Waals surface area contributed by atoms with Crippen LogP contribution in [0, 0.1) is 0 Å². The van der Waals surface area contributed by atoms with E-state index in [0.717, 1.165) is 0 Å². The molecule has 5 nitrogen and oxygen atoms in total. The highest BCUT2D eigenvalue weighted by molar-refractivity contribution is 5.83. The van der Waals surface area contributed by atoms with Crippen molar-refractivity contribution < 1.29 is 19.1 Å². The predicted octanol–water partition coefficient (Wildman–Crippen LogP) is 0.776. The summed E-state index contributed by atoms with van der Waals surface area (Å²) in [7, 11) is 0. The van der Waals surface area contributed by atoms with E-state index in [1.54, 1.807) is 13.8 Å². The monoisotopic (exact) mass is 229 g/mol. The molecule has 1 atom stereocenters. The normalized spacial score (nSPS) is 13.7. The third-order valence-electron chi connectivity index (χ3n) is 2.07. The SMILES string of the molecule is C=CC(N)(CCC(=O)OCC)C(=O)OCC. The summed E-state index contributed by atoms with van der Waals surface area (Å²) in [4.78, 5) is 22.6. The third kappa shape index (κ3) is 4.44. The van der Waals surface area contributed by atoms with Crippen LogP contribution in [0.4, 0.5) is 0 Å². The molecular formula is C11H19NO4. The molecule has 1 unspecified atom stereocenters. The molecule has 16 heavy (non-hydrogen) atoms. The summed E-state index contributed by atoms with van der Waals surface area (Å²) in [6.45, 7) is 7.43. The Hall–Kier alpha value is -1.36. The van der Waals surface area contributed by atoms with E-state index in [1.807, 2.05) is 0 Å². The van der Waals surface area contributed by atoms with Gasteiger partial charge in [0.1, 0.15) is 5.54 Å². The minimum absolute atomic E-state index is 0.0647. The van der Waals surface area contributed by atoms with Crippen LogP contribution in [0.1, 0.15) is 26.7 Å². The summed E-state index contributed by atoms with van der Waals surface area (Å²) in [6.07, 6.45) is 1.49. The number of hydrogen-bond acceptors (Lipinski definition) is 5. The van der Waals surface area contributed by atoms with Crippen molar-refractivity contribution in [1.29, 1.82) is 0 Å². The van der Waals surface area contributed by atoms with Crippen molar-refractivity contribution in [2.45, 2.75) is 32.2 Å². The molecule has 0 aromatic rings. The Kier molecular flexibility index (Phi) is 6.41. The second kappa shape index (κ2) is 7.00. The van der Waals surface area contributed by atoms with Crippen molar-refractivity contribution in [3.8, 4) is 0 Å². The molecule has 0 aliphatic rings. The van der Waals surface area contributed by atoms with Gasteiger partial charge in [-0.3, -0.25) is 4.79 Å². The molecule has 0 aromatic carbocycles. The van der Waals surface area contributed by atoms with Crippen LogP contribution in [-0.2, 0) is 19.1 Å². The maximum Gasteiger partial charge on any atom is 0.330 e. The smallest absolute Gasteiger partial charge is 0.330 e. The van der Waals surface area contributed by atoms with Gasteiger partial charge in [-0.25, -0.2) is 4.79 Å². The zero-order valence-electron chi connectivity index (χ0n) is 9.82. The van der Waals surface area contributed by atoms with E-state index in [-0.39, 0.29) is 25.4 Å². The molecule has 0 bridgehead atoms. The molecular weight excluding hydrogens is 210 g/mol. The van der Waals surface area contributed by atoms with Crippen molar-refractivity contribution in [3.05, 3.63) is 12.7 Å². The van der Waals surface area contributed by atoms with Gasteiger partial charge in [0.25, 0.3) is 0 Å². The lowest BCUT2D eigenvalue weighted by Crippen LogP contribution is -2.47. The van der Waals surface area contributed by atoms with Crippen LogP contribution in [0.5, 0.6) is 0 Å². The summed E-state index contributed by atoms with van der Waals surface area (Å²) < 4.78 is 9.54. The molecule has 0 heterocycles. The van der Waals surface area contributed by atoms with Crippen LogP contribution in [0.25, 0.3) is 0 Å². The molecule has 0 aliphatic carbocycles. The molecule has 5 heteroatoms. The number of rotatable bonds is 7. The Morgan fingerprint density at radius 2 is 1.88 bits per heavy atom. The van der Waals surface area contributed by atoms with E-state index in [2.05, 4.69) is 6.58 Å². The molecule has 0 aliphatic heterocycles. The van der Waals surface area contributed by atoms with Crippen molar-refractivity contribution in [1.82, 2.24) is 0 Å². The lowest BCUT2D eigenvalue weighted by molar-refractivity contribution is -0.149. The fourth-order valence-corrected chi connectivity index (χ4v) is 1.09. The summed E-state index contributed by atoms with van der Waals surface area (Å²) in [5.74, 6) is -0.960. The number of nitrogens with two attached hydrogens (primary N) is 1. The number of hydrogen-bond donors (Lipinski definition) is 1. The fourth-order valence-electron chi connectivity index (χ4n) is 1.09. The standard InChI is InChI=1S/C11H19NO4/c1-4-11(12,10(14)16-6-3)8-7-9(13)15-5-2/h4H,1,5-8,12H2,2-3H3. The highest BCUT2D eigenvalue weighted by Gasteiger charge is 2.32. The summed E-state index contributed by atoms with van der Waals surface area (Å²) in [6, 6.07) is 0. The first-order valence-corrected chi connectivity index (χ1v) is 5.25. The number of carbonyl (C=O) groups is 2. The summed E-state index contributed by atoms with van der Waals surface area (Å²) >= 11 is 0. The van der Waals surface area contributed by atoms with Gasteiger partial charge in [0, 0.05) is 6.42 Å². The Morgan fingerprint density at radius 3 is 2.31 bits per heavy atom. The van der Waals surface area contributed by atoms with E-state index >= 15 is 0 Å². The van der Waals surface area contributed by atoms with Crippen LogP contribution in [0.2, 0.25) is 0 Å². The van der Waals surface area contributed by atoms with E-state index in [0.29, 0.717) is 6.61 Å². The Labute approximate surface area is 95.6 Å². The topological polar surface area (TPSA) is 78.6 Å². The Morgan fingerprint density at radius 1 is 1.31 bits per heavy atom. The first-order valence-electron chi connectivity index (χ1n) is 5.25. The van der Waals surface area contributed by atoms with E-state index in [1.165, 1.54) is 6.08 Å². The van der Waals surface area contributed by atoms with Crippen molar-refractivity contribution in [2.75, 3.05) is 13.2 Å². The van der Waals surface area contributed by atoms with E-state index in [9.17, 15) is 9.59 Å². The second-order valence-corrected chi connectivity index (χ2v) is 3.27. The molecule has 92 valence electrons. The van der Waals surface area contributed by atoms with E-state index < -0.39 is 11.5 Å². The van der Waals surface area contributed by atoms with Gasteiger partial charge in [0.15, 0.2) is 0 Å². The molecule has 0 fully saturated rings. The van der Waals surface area contributed by atoms with Crippen LogP contribution in [0.15, 0.2) is 12.7 Å². The van der Waals surface area contributed by atoms with Gasteiger partial charge in [0.2, 0.25) is 0 Å². The molecule has 2 N–H and O–H groups in total. The minimum atomic E-state index is -1.32. The second-order valence-electron chi connectivity index (χ2n) is 3.27. The van der Waals surface area contributed by atoms with Crippen LogP contribution in [0.3, 0.4) is 0 Å². The van der Waals surface area contributed by atoms with Gasteiger partial charge in [-0.15, -0.1) is 6.58 Å². The van der Waals surface area contributed by atoms with E-state index in [4.69, 9.17) is 15.2 Å². The lowest BCUT2D eigenvalue weighted by Gasteiger charge is -2.22. The van der Waals surface area contributed by atoms with Crippen molar-refractivity contribution in [3.63, 3.8) is 0 Å². The van der Waals surface area contributed by atoms with Gasteiger partial charge in [-0.2, -0.15) is 0 Å². The van der Waals surface area contributed by atoms with Crippen molar-refractivity contribution in [2.24, 2.45) is 5.73 Å². The zero-order chi connectivity index (χ0) is 12.6. The molecule has 0 spiro atoms. The lowest BCUT2D eigenvalue weighted by atomic mass is 9.95. The number of ether oxygens (including phenoxy) is 2. The predicted molar refractivity (Wildman–Crippen MR) is 59.6 cm³/mol. The Bertz CT molecular complexity index is 265. The van der Waals surface area contributed by atoms with Gasteiger partial charge in [0.05, 0.1) is 13.2 Å². The molecule has 0 radical (unpaired) electrons. The minimum Gasteiger partial charge on any atom is -0.466 e. The van der Waals surface area contributed by atoms with Gasteiger partial charge in [-0.1, -0.05) is 6.08 Å². The van der Waals surface area contributed by atoms with Crippen LogP contribution in [-0.4, -0.2) is 30.7 Å². The number of esters is 2. The van der Waals surface area contributed by atoms with Crippen LogP contribution < -0.4 is 5.73 Å². The summed E-state index contributed by atoms with van der Waals surface area (Å²) in [5.41, 5.74) is 4.45. The average molecular weight is 229 g/mol. The van der Waals surface area contributed by atoms with Gasteiger partial charge >= 0.3 is 11.9 Å². The quantitative estimate of drug-likeness (QED) is 0.515.